The predicted octanol–water partition coefficient (Wildman–Crippen LogP) is -0.785. The van der Waals surface area contributed by atoms with Crippen molar-refractivity contribution in [3.05, 3.63) is 11.8 Å². The van der Waals surface area contributed by atoms with Gasteiger partial charge in [-0.25, -0.2) is 9.59 Å². The number of hydrogen-bond acceptors (Lipinski definition) is 16. The van der Waals surface area contributed by atoms with Crippen LogP contribution in [0, 0.1) is 11.8 Å². The van der Waals surface area contributed by atoms with Crippen LogP contribution in [0.1, 0.15) is 80.6 Å². The molecule has 58 heavy (non-hydrogen) atoms. The van der Waals surface area contributed by atoms with Crippen molar-refractivity contribution in [2.45, 2.75) is 158 Å². The lowest BCUT2D eigenvalue weighted by molar-refractivity contribution is -0.305. The molecule has 0 aromatic rings. The summed E-state index contributed by atoms with van der Waals surface area (Å²) in [6.45, 7) is 14.0. The average Bonchev–Trinajstić information content (AvgIpc) is 3.10. The highest BCUT2D eigenvalue weighted by Crippen LogP contribution is 2.37. The summed E-state index contributed by atoms with van der Waals surface area (Å²) in [5.41, 5.74) is 15.8. The van der Waals surface area contributed by atoms with E-state index in [2.05, 4.69) is 10.6 Å². The standard InChI is InChI=1S/C39H71N7O12/c1-37(2,3)57-35(51)45(8)32-29(49)34(54-20-39(32,7)53)56-31-25(44-33(50)26(47)11-14-40)17-24(42)27(28(31)48)30-23(41)10-9-22(55-30)19-43-18-21-12-15-46(16-13-21)36(52)58-38(4,5)6/h9,21,23-32,34,43,47-49,53H,10-20,40-42H2,1-8H3,(H,44,50)/t23-,24+,25-,26+,27?,28+,29-,30+,31+,32-,34-,39+/m1/s1. The minimum atomic E-state index is -1.74. The van der Waals surface area contributed by atoms with E-state index in [1.807, 2.05) is 26.8 Å². The Balaban J connectivity index is 1.47. The van der Waals surface area contributed by atoms with Gasteiger partial charge in [-0.15, -0.1) is 0 Å². The molecular weight excluding hydrogens is 758 g/mol. The molecule has 19 nitrogen and oxygen atoms in total. The monoisotopic (exact) mass is 830 g/mol. The summed E-state index contributed by atoms with van der Waals surface area (Å²) in [6, 6.07) is -3.59. The van der Waals surface area contributed by atoms with Crippen LogP contribution < -0.4 is 27.8 Å². The van der Waals surface area contributed by atoms with E-state index < -0.39 is 95.7 Å². The number of amides is 3. The Morgan fingerprint density at radius 1 is 1.05 bits per heavy atom. The molecule has 19 heteroatoms. The maximum absolute atomic E-state index is 13.1. The second-order valence-corrected chi connectivity index (χ2v) is 18.5. The number of hydrogen-bond donors (Lipinski definition) is 9. The molecule has 3 aliphatic heterocycles. The van der Waals surface area contributed by atoms with Crippen molar-refractivity contribution in [2.24, 2.45) is 29.0 Å². The Morgan fingerprint density at radius 2 is 1.69 bits per heavy atom. The van der Waals surface area contributed by atoms with Crippen molar-refractivity contribution in [3.63, 3.8) is 0 Å². The van der Waals surface area contributed by atoms with E-state index in [4.69, 9.17) is 40.9 Å². The van der Waals surface area contributed by atoms with Crippen molar-refractivity contribution in [1.29, 1.82) is 0 Å². The van der Waals surface area contributed by atoms with Crippen molar-refractivity contribution in [3.8, 4) is 0 Å². The molecule has 0 spiro atoms. The molecule has 0 aromatic carbocycles. The first kappa shape index (κ1) is 47.8. The molecule has 0 bridgehead atoms. The first-order valence-electron chi connectivity index (χ1n) is 20.5. The van der Waals surface area contributed by atoms with E-state index in [0.717, 1.165) is 17.7 Å². The SMILES string of the molecule is CN(C(=O)OC(C)(C)C)[C@@H]1[C@@H](O)[C@@H](O[C@H]2[C@H](NC(=O)[C@@H](O)CCN)C[C@H](N)C([C@H]3OC(CNCC4CCN(C(=O)OC(C)(C)C)CC4)=CC[C@H]3N)[C@@H]2O)OC[C@]1(C)O. The van der Waals surface area contributed by atoms with Gasteiger partial charge in [0, 0.05) is 38.1 Å². The molecule has 4 aliphatic rings. The molecular formula is C39H71N7O12. The van der Waals surface area contributed by atoms with Gasteiger partial charge in [-0.05, 0) is 106 Å². The Bertz CT molecular complexity index is 1420. The zero-order chi connectivity index (χ0) is 43.3. The molecule has 334 valence electrons. The summed E-state index contributed by atoms with van der Waals surface area (Å²) in [6.07, 6.45) is -5.21. The Hall–Kier alpha value is -2.85. The van der Waals surface area contributed by atoms with E-state index in [0.29, 0.717) is 44.3 Å². The van der Waals surface area contributed by atoms with Gasteiger partial charge in [-0.3, -0.25) is 4.79 Å². The van der Waals surface area contributed by atoms with Crippen LogP contribution in [-0.2, 0) is 28.5 Å². The Kier molecular flexibility index (Phi) is 16.2. The zero-order valence-electron chi connectivity index (χ0n) is 35.5. The molecule has 2 saturated heterocycles. The van der Waals surface area contributed by atoms with Gasteiger partial charge in [-0.2, -0.15) is 0 Å². The number of rotatable bonds is 12. The van der Waals surface area contributed by atoms with E-state index in [9.17, 15) is 34.8 Å². The van der Waals surface area contributed by atoms with Gasteiger partial charge < -0.3 is 81.7 Å². The fraction of sp³-hybridized carbons (Fsp3) is 0.872. The first-order chi connectivity index (χ1) is 26.9. The van der Waals surface area contributed by atoms with Gasteiger partial charge in [0.25, 0.3) is 0 Å². The molecule has 1 aliphatic carbocycles. The summed E-state index contributed by atoms with van der Waals surface area (Å²) in [4.78, 5) is 41.5. The van der Waals surface area contributed by atoms with Gasteiger partial charge in [0.05, 0.1) is 31.3 Å². The Morgan fingerprint density at radius 3 is 2.29 bits per heavy atom. The summed E-state index contributed by atoms with van der Waals surface area (Å²) in [5, 5.41) is 51.7. The quantitative estimate of drug-likeness (QED) is 0.117. The van der Waals surface area contributed by atoms with Crippen molar-refractivity contribution in [2.75, 3.05) is 46.4 Å². The highest BCUT2D eigenvalue weighted by molar-refractivity contribution is 5.80. The summed E-state index contributed by atoms with van der Waals surface area (Å²) < 4.78 is 29.6. The Labute approximate surface area is 342 Å². The van der Waals surface area contributed by atoms with Crippen LogP contribution in [0.15, 0.2) is 11.8 Å². The van der Waals surface area contributed by atoms with Crippen LogP contribution >= 0.6 is 0 Å². The number of aliphatic hydroxyl groups is 4. The largest absolute Gasteiger partial charge is 0.492 e. The minimum absolute atomic E-state index is 0.0152. The van der Waals surface area contributed by atoms with Crippen molar-refractivity contribution in [1.82, 2.24) is 20.4 Å². The van der Waals surface area contributed by atoms with Gasteiger partial charge >= 0.3 is 12.2 Å². The first-order valence-corrected chi connectivity index (χ1v) is 20.5. The number of ether oxygens (including phenoxy) is 5. The lowest BCUT2D eigenvalue weighted by atomic mass is 9.72. The number of likely N-dealkylation sites (tertiary alicyclic amines) is 1. The summed E-state index contributed by atoms with van der Waals surface area (Å²) >= 11 is 0. The van der Waals surface area contributed by atoms with Gasteiger partial charge in [0.2, 0.25) is 5.91 Å². The number of carbonyl (C=O) groups excluding carboxylic acids is 3. The van der Waals surface area contributed by atoms with E-state index in [-0.39, 0.29) is 32.1 Å². The van der Waals surface area contributed by atoms with Crippen LogP contribution in [0.4, 0.5) is 9.59 Å². The molecule has 4 rings (SSSR count). The van der Waals surface area contributed by atoms with Crippen LogP contribution in [0.25, 0.3) is 0 Å². The average molecular weight is 830 g/mol. The third-order valence-corrected chi connectivity index (χ3v) is 11.1. The van der Waals surface area contributed by atoms with Crippen LogP contribution in [0.2, 0.25) is 0 Å². The van der Waals surface area contributed by atoms with E-state index in [1.54, 1.807) is 25.7 Å². The molecule has 0 radical (unpaired) electrons. The number of piperidine rings is 1. The third-order valence-electron chi connectivity index (χ3n) is 11.1. The molecule has 1 saturated carbocycles. The predicted molar refractivity (Wildman–Crippen MR) is 212 cm³/mol. The lowest BCUT2D eigenvalue weighted by Gasteiger charge is -2.51. The van der Waals surface area contributed by atoms with E-state index in [1.165, 1.54) is 14.0 Å². The molecule has 3 amide bonds. The maximum Gasteiger partial charge on any atom is 0.410 e. The van der Waals surface area contributed by atoms with Crippen molar-refractivity contribution < 1.29 is 58.5 Å². The van der Waals surface area contributed by atoms with E-state index >= 15 is 0 Å². The fourth-order valence-electron chi connectivity index (χ4n) is 8.17. The smallest absolute Gasteiger partial charge is 0.410 e. The number of nitrogens with two attached hydrogens (primary N) is 3. The normalized spacial score (nSPS) is 34.3. The number of carbonyl (C=O) groups is 3. The highest BCUT2D eigenvalue weighted by atomic mass is 16.7. The summed E-state index contributed by atoms with van der Waals surface area (Å²) in [7, 11) is 1.38. The zero-order valence-corrected chi connectivity index (χ0v) is 35.5. The fourth-order valence-corrected chi connectivity index (χ4v) is 8.17. The van der Waals surface area contributed by atoms with Gasteiger partial charge in [0.1, 0.15) is 47.0 Å². The van der Waals surface area contributed by atoms with Crippen LogP contribution in [-0.4, -0.2) is 172 Å². The minimum Gasteiger partial charge on any atom is -0.492 e. The van der Waals surface area contributed by atoms with Crippen LogP contribution in [0.5, 0.6) is 0 Å². The van der Waals surface area contributed by atoms with Gasteiger partial charge in [-0.1, -0.05) is 0 Å². The molecule has 1 unspecified atom stereocenters. The second kappa shape index (κ2) is 19.7. The molecule has 3 heterocycles. The molecule has 0 aromatic heterocycles. The summed E-state index contributed by atoms with van der Waals surface area (Å²) in [5.74, 6) is -0.620. The maximum atomic E-state index is 13.1. The molecule has 12 N–H and O–H groups in total. The number of likely N-dealkylation sites (N-methyl/N-ethyl adjacent to an activating group) is 1. The third kappa shape index (κ3) is 12.6. The van der Waals surface area contributed by atoms with Crippen molar-refractivity contribution >= 4 is 18.1 Å². The molecule has 12 atom stereocenters. The topological polar surface area (TPSA) is 287 Å². The number of nitrogens with one attached hydrogen (secondary N) is 2. The van der Waals surface area contributed by atoms with Crippen LogP contribution in [0.3, 0.4) is 0 Å². The number of nitrogens with zero attached hydrogens (tertiary/aromatic N) is 2. The number of aliphatic hydroxyl groups excluding tert-OH is 3. The second-order valence-electron chi connectivity index (χ2n) is 18.5. The highest BCUT2D eigenvalue weighted by Gasteiger charge is 2.55. The lowest BCUT2D eigenvalue weighted by Crippen LogP contribution is -2.70. The van der Waals surface area contributed by atoms with Gasteiger partial charge in [0.15, 0.2) is 6.29 Å². The molecule has 3 fully saturated rings.